The highest BCUT2D eigenvalue weighted by Crippen LogP contribution is 2.31. The van der Waals surface area contributed by atoms with Crippen molar-refractivity contribution in [2.75, 3.05) is 26.9 Å². The molecule has 6 nitrogen and oxygen atoms in total. The van der Waals surface area contributed by atoms with Gasteiger partial charge in [0.15, 0.2) is 11.5 Å². The van der Waals surface area contributed by atoms with Crippen LogP contribution in [0, 0.1) is 0 Å². The fourth-order valence-electron chi connectivity index (χ4n) is 4.17. The van der Waals surface area contributed by atoms with Crippen LogP contribution in [-0.2, 0) is 11.3 Å². The lowest BCUT2D eigenvalue weighted by Gasteiger charge is -2.28. The van der Waals surface area contributed by atoms with Gasteiger partial charge in [0.1, 0.15) is 19.0 Å². The molecule has 1 saturated heterocycles. The number of pyridine rings is 1. The van der Waals surface area contributed by atoms with Gasteiger partial charge in [-0.3, -0.25) is 4.98 Å². The van der Waals surface area contributed by atoms with Crippen LogP contribution in [0.3, 0.4) is 0 Å². The average molecular weight is 433 g/mol. The van der Waals surface area contributed by atoms with Crippen molar-refractivity contribution in [1.82, 2.24) is 10.3 Å². The first-order chi connectivity index (χ1) is 15.8. The number of benzene rings is 2. The molecule has 166 valence electrons. The number of nitrogens with one attached hydrogen (secondary N) is 1. The van der Waals surface area contributed by atoms with Crippen LogP contribution in [0.4, 0.5) is 0 Å². The molecule has 2 aliphatic rings. The molecular weight excluding hydrogens is 404 g/mol. The minimum absolute atomic E-state index is 0.121. The summed E-state index contributed by atoms with van der Waals surface area (Å²) >= 11 is 0. The van der Waals surface area contributed by atoms with Crippen molar-refractivity contribution in [3.05, 3.63) is 65.9 Å². The summed E-state index contributed by atoms with van der Waals surface area (Å²) in [6, 6.07) is 14.5. The van der Waals surface area contributed by atoms with Crippen molar-refractivity contribution >= 4 is 17.0 Å². The second kappa shape index (κ2) is 9.59. The number of hydrogen-bond donors (Lipinski definition) is 1. The monoisotopic (exact) mass is 432 g/mol. The highest BCUT2D eigenvalue weighted by molar-refractivity contribution is 5.88. The summed E-state index contributed by atoms with van der Waals surface area (Å²) in [6.07, 6.45) is 8.32. The molecule has 0 radical (unpaired) electrons. The zero-order chi connectivity index (χ0) is 21.8. The Morgan fingerprint density at radius 1 is 1.06 bits per heavy atom. The standard InChI is InChI=1S/C26H28N2O4/c1-29-22-7-8-24-23(15-22)19(10-11-27-24)3-5-21-6-4-20(17-32-21)28-16-18-2-9-25-26(14-18)31-13-12-30-25/h2-3,5,7-11,14-15,20-21,28H,4,6,12-13,16-17H2,1H3/b5-3+/t20-,21-/m1/s1. The molecule has 2 aliphatic heterocycles. The van der Waals surface area contributed by atoms with Gasteiger partial charge < -0.3 is 24.3 Å². The minimum atomic E-state index is 0.121. The quantitative estimate of drug-likeness (QED) is 0.624. The van der Waals surface area contributed by atoms with Crippen molar-refractivity contribution in [2.24, 2.45) is 0 Å². The van der Waals surface area contributed by atoms with E-state index in [0.717, 1.165) is 53.1 Å². The van der Waals surface area contributed by atoms with Gasteiger partial charge in [0.2, 0.25) is 0 Å². The Kier molecular flexibility index (Phi) is 6.23. The van der Waals surface area contributed by atoms with Gasteiger partial charge in [-0.15, -0.1) is 0 Å². The van der Waals surface area contributed by atoms with E-state index in [1.54, 1.807) is 7.11 Å². The first-order valence-electron chi connectivity index (χ1n) is 11.1. The van der Waals surface area contributed by atoms with E-state index in [2.05, 4.69) is 34.6 Å². The van der Waals surface area contributed by atoms with Crippen molar-refractivity contribution < 1.29 is 18.9 Å². The van der Waals surface area contributed by atoms with Gasteiger partial charge in [-0.2, -0.15) is 0 Å². The third-order valence-electron chi connectivity index (χ3n) is 5.99. The van der Waals surface area contributed by atoms with Crippen LogP contribution in [0.15, 0.2) is 54.7 Å². The first kappa shape index (κ1) is 20.8. The Morgan fingerprint density at radius 2 is 1.97 bits per heavy atom. The predicted molar refractivity (Wildman–Crippen MR) is 124 cm³/mol. The van der Waals surface area contributed by atoms with E-state index >= 15 is 0 Å². The lowest BCUT2D eigenvalue weighted by Crippen LogP contribution is -2.38. The van der Waals surface area contributed by atoms with E-state index in [4.69, 9.17) is 18.9 Å². The van der Waals surface area contributed by atoms with Crippen LogP contribution in [0.5, 0.6) is 17.2 Å². The van der Waals surface area contributed by atoms with E-state index in [-0.39, 0.29) is 6.10 Å². The number of hydrogen-bond acceptors (Lipinski definition) is 6. The second-order valence-corrected chi connectivity index (χ2v) is 8.15. The van der Waals surface area contributed by atoms with E-state index in [1.165, 1.54) is 5.56 Å². The highest BCUT2D eigenvalue weighted by atomic mass is 16.6. The van der Waals surface area contributed by atoms with Gasteiger partial charge >= 0.3 is 0 Å². The molecule has 2 atom stereocenters. The fraction of sp³-hybridized carbons (Fsp3) is 0.346. The van der Waals surface area contributed by atoms with Crippen LogP contribution in [0.25, 0.3) is 17.0 Å². The van der Waals surface area contributed by atoms with Crippen LogP contribution < -0.4 is 19.5 Å². The maximum atomic E-state index is 6.11. The van der Waals surface area contributed by atoms with E-state index < -0.39 is 0 Å². The summed E-state index contributed by atoms with van der Waals surface area (Å²) in [7, 11) is 1.68. The molecule has 1 aromatic heterocycles. The fourth-order valence-corrected chi connectivity index (χ4v) is 4.17. The molecular formula is C26H28N2O4. The molecule has 6 heteroatoms. The first-order valence-corrected chi connectivity index (χ1v) is 11.1. The maximum absolute atomic E-state index is 6.11. The SMILES string of the molecule is COc1ccc2nccc(/C=C/[C@@H]3CC[C@@H](NCc4ccc5c(c4)OCCO5)CO3)c2c1. The third kappa shape index (κ3) is 4.71. The molecule has 0 spiro atoms. The summed E-state index contributed by atoms with van der Waals surface area (Å²) in [6.45, 7) is 2.71. The van der Waals surface area contributed by atoms with Gasteiger partial charge in [0, 0.05) is 24.2 Å². The zero-order valence-corrected chi connectivity index (χ0v) is 18.3. The molecule has 0 unspecified atom stereocenters. The Balaban J connectivity index is 1.15. The summed E-state index contributed by atoms with van der Waals surface area (Å²) in [5.74, 6) is 2.50. The van der Waals surface area contributed by atoms with Gasteiger partial charge in [0.25, 0.3) is 0 Å². The average Bonchev–Trinajstić information content (AvgIpc) is 2.86. The summed E-state index contributed by atoms with van der Waals surface area (Å²) in [4.78, 5) is 4.45. The Bertz CT molecular complexity index is 1110. The maximum Gasteiger partial charge on any atom is 0.161 e. The lowest BCUT2D eigenvalue weighted by molar-refractivity contribution is 0.0251. The molecule has 0 bridgehead atoms. The number of ether oxygens (including phenoxy) is 4. The normalized spacial score (nSPS) is 20.5. The zero-order valence-electron chi connectivity index (χ0n) is 18.3. The smallest absolute Gasteiger partial charge is 0.161 e. The molecule has 32 heavy (non-hydrogen) atoms. The topological polar surface area (TPSA) is 61.8 Å². The van der Waals surface area contributed by atoms with Crippen molar-refractivity contribution in [3.63, 3.8) is 0 Å². The van der Waals surface area contributed by atoms with E-state index in [1.807, 2.05) is 36.5 Å². The second-order valence-electron chi connectivity index (χ2n) is 8.15. The summed E-state index contributed by atoms with van der Waals surface area (Å²) in [5.41, 5.74) is 3.27. The largest absolute Gasteiger partial charge is 0.497 e. The minimum Gasteiger partial charge on any atom is -0.497 e. The summed E-state index contributed by atoms with van der Waals surface area (Å²) in [5, 5.41) is 4.69. The molecule has 2 aromatic carbocycles. The number of fused-ring (bicyclic) bond motifs is 2. The number of aromatic nitrogens is 1. The van der Waals surface area contributed by atoms with Gasteiger partial charge in [-0.1, -0.05) is 18.2 Å². The number of methoxy groups -OCH3 is 1. The third-order valence-corrected chi connectivity index (χ3v) is 5.99. The van der Waals surface area contributed by atoms with Gasteiger partial charge in [0.05, 0.1) is 25.3 Å². The van der Waals surface area contributed by atoms with Crippen LogP contribution in [0.2, 0.25) is 0 Å². The highest BCUT2D eigenvalue weighted by Gasteiger charge is 2.20. The van der Waals surface area contributed by atoms with E-state index in [0.29, 0.717) is 25.9 Å². The molecule has 3 heterocycles. The number of nitrogens with zero attached hydrogens (tertiary/aromatic N) is 1. The molecule has 3 aromatic rings. The Hall–Kier alpha value is -3.09. The van der Waals surface area contributed by atoms with Gasteiger partial charge in [-0.05, 0) is 60.4 Å². The number of rotatable bonds is 6. The Morgan fingerprint density at radius 3 is 2.81 bits per heavy atom. The van der Waals surface area contributed by atoms with E-state index in [9.17, 15) is 0 Å². The van der Waals surface area contributed by atoms with Crippen molar-refractivity contribution in [3.8, 4) is 17.2 Å². The van der Waals surface area contributed by atoms with Crippen molar-refractivity contribution in [1.29, 1.82) is 0 Å². The van der Waals surface area contributed by atoms with Crippen molar-refractivity contribution in [2.45, 2.75) is 31.5 Å². The lowest BCUT2D eigenvalue weighted by atomic mass is 10.0. The molecule has 1 N–H and O–H groups in total. The van der Waals surface area contributed by atoms with Crippen LogP contribution >= 0.6 is 0 Å². The Labute approximate surface area is 188 Å². The molecule has 5 rings (SSSR count). The predicted octanol–water partition coefficient (Wildman–Crippen LogP) is 4.37. The van der Waals surface area contributed by atoms with Crippen LogP contribution in [0.1, 0.15) is 24.0 Å². The molecule has 1 fully saturated rings. The molecule has 0 amide bonds. The van der Waals surface area contributed by atoms with Crippen LogP contribution in [-0.4, -0.2) is 44.1 Å². The summed E-state index contributed by atoms with van der Waals surface area (Å²) < 4.78 is 22.8. The molecule has 0 aliphatic carbocycles. The molecule has 0 saturated carbocycles. The van der Waals surface area contributed by atoms with Gasteiger partial charge in [-0.25, -0.2) is 0 Å².